The molecule has 0 amide bonds. The number of cyclic esters (lactones) is 1. The van der Waals surface area contributed by atoms with Gasteiger partial charge in [-0.1, -0.05) is 45.9 Å². The Labute approximate surface area is 223 Å². The third kappa shape index (κ3) is 6.78. The van der Waals surface area contributed by atoms with Crippen molar-refractivity contribution >= 4 is 40.9 Å². The molecule has 0 spiro atoms. The Morgan fingerprint density at radius 3 is 2.58 bits per heavy atom. The fourth-order valence-electron chi connectivity index (χ4n) is 5.05. The highest BCUT2D eigenvalue weighted by atomic mass is 32.2. The average molecular weight is 540 g/mol. The number of rotatable bonds is 3. The zero-order chi connectivity index (χ0) is 26.8. The van der Waals surface area contributed by atoms with E-state index in [1.54, 1.807) is 43.9 Å². The number of carbonyl (C=O) groups is 2. The molecule has 36 heavy (non-hydrogen) atoms. The molecule has 1 aromatic rings. The summed E-state index contributed by atoms with van der Waals surface area (Å²) in [4.78, 5) is 30.8. The van der Waals surface area contributed by atoms with E-state index in [1.807, 2.05) is 31.6 Å². The van der Waals surface area contributed by atoms with E-state index in [2.05, 4.69) is 11.9 Å². The lowest BCUT2D eigenvalue weighted by Crippen LogP contribution is -2.45. The fourth-order valence-corrected chi connectivity index (χ4v) is 6.28. The molecule has 2 N–H and O–H groups in total. The van der Waals surface area contributed by atoms with E-state index in [1.165, 1.54) is 0 Å². The number of fused-ring (bicyclic) bond motifs is 1. The number of aromatic nitrogens is 1. The van der Waals surface area contributed by atoms with Crippen LogP contribution in [0.1, 0.15) is 79.3 Å². The Hall–Kier alpha value is -1.26. The lowest BCUT2D eigenvalue weighted by Gasteiger charge is -2.34. The number of epoxide rings is 1. The first-order chi connectivity index (χ1) is 16.8. The van der Waals surface area contributed by atoms with Crippen LogP contribution in [-0.4, -0.2) is 63.2 Å². The Balaban J connectivity index is 1.85. The van der Waals surface area contributed by atoms with Crippen LogP contribution in [0.4, 0.5) is 0 Å². The van der Waals surface area contributed by atoms with Crippen molar-refractivity contribution in [2.45, 2.75) is 108 Å². The van der Waals surface area contributed by atoms with Gasteiger partial charge in [0.25, 0.3) is 0 Å². The van der Waals surface area contributed by atoms with Gasteiger partial charge in [0.05, 0.1) is 41.4 Å². The summed E-state index contributed by atoms with van der Waals surface area (Å²) in [5.74, 6) is -1.55. The number of thioether (sulfide) groups is 1. The Morgan fingerprint density at radius 2 is 1.94 bits per heavy atom. The van der Waals surface area contributed by atoms with Crippen molar-refractivity contribution < 1.29 is 29.3 Å². The molecule has 2 aliphatic rings. The summed E-state index contributed by atoms with van der Waals surface area (Å²) in [5.41, 5.74) is 0.166. The molecule has 0 aromatic carbocycles. The van der Waals surface area contributed by atoms with Crippen molar-refractivity contribution in [1.82, 2.24) is 4.98 Å². The molecule has 2 aliphatic heterocycles. The quantitative estimate of drug-likeness (QED) is 0.317. The number of carbonyl (C=O) groups excluding carboxylic acids is 2. The van der Waals surface area contributed by atoms with Crippen LogP contribution in [0.5, 0.6) is 0 Å². The molecular weight excluding hydrogens is 498 g/mol. The van der Waals surface area contributed by atoms with Crippen LogP contribution in [0.25, 0.3) is 6.08 Å². The van der Waals surface area contributed by atoms with Crippen LogP contribution in [0.15, 0.2) is 15.3 Å². The zero-order valence-electron chi connectivity index (χ0n) is 22.4. The highest BCUT2D eigenvalue weighted by molar-refractivity contribution is 8.00. The highest BCUT2D eigenvalue weighted by Crippen LogP contribution is 2.45. The minimum atomic E-state index is -1.23. The number of nitrogens with zero attached hydrogens (tertiary/aromatic N) is 1. The molecule has 7 nitrogen and oxygen atoms in total. The first kappa shape index (κ1) is 29.3. The topological polar surface area (TPSA) is 109 Å². The molecule has 2 saturated heterocycles. The summed E-state index contributed by atoms with van der Waals surface area (Å²) < 4.78 is 12.9. The minimum Gasteiger partial charge on any atom is -0.458 e. The van der Waals surface area contributed by atoms with Gasteiger partial charge in [0.2, 0.25) is 0 Å². The molecule has 0 unspecified atom stereocenters. The fraction of sp³-hybridized carbons (Fsp3) is 0.741. The van der Waals surface area contributed by atoms with E-state index in [0.29, 0.717) is 6.42 Å². The van der Waals surface area contributed by atoms with Gasteiger partial charge in [0.15, 0.2) is 0 Å². The van der Waals surface area contributed by atoms with E-state index in [0.717, 1.165) is 34.9 Å². The van der Waals surface area contributed by atoms with Crippen LogP contribution in [0.3, 0.4) is 0 Å². The molecule has 1 aromatic heterocycles. The maximum Gasteiger partial charge on any atom is 0.309 e. The van der Waals surface area contributed by atoms with Gasteiger partial charge >= 0.3 is 5.97 Å². The van der Waals surface area contributed by atoms with Crippen LogP contribution in [0.2, 0.25) is 0 Å². The molecule has 3 rings (SSSR count). The van der Waals surface area contributed by atoms with E-state index in [-0.39, 0.29) is 29.8 Å². The average Bonchev–Trinajstić information content (AvgIpc) is 3.23. The summed E-state index contributed by atoms with van der Waals surface area (Å²) in [6.07, 6.45) is 3.94. The molecule has 0 aliphatic carbocycles. The van der Waals surface area contributed by atoms with Gasteiger partial charge in [0, 0.05) is 17.7 Å². The van der Waals surface area contributed by atoms with Crippen molar-refractivity contribution in [3.8, 4) is 0 Å². The lowest BCUT2D eigenvalue weighted by molar-refractivity contribution is -0.154. The molecule has 7 atom stereocenters. The van der Waals surface area contributed by atoms with Crippen molar-refractivity contribution in [2.24, 2.45) is 17.3 Å². The molecule has 0 saturated carbocycles. The third-order valence-corrected chi connectivity index (χ3v) is 9.85. The van der Waals surface area contributed by atoms with Gasteiger partial charge in [-0.05, 0) is 50.5 Å². The van der Waals surface area contributed by atoms with Gasteiger partial charge in [-0.15, -0.1) is 11.3 Å². The largest absolute Gasteiger partial charge is 0.458 e. The summed E-state index contributed by atoms with van der Waals surface area (Å²) in [7, 11) is 0. The number of aliphatic hydroxyl groups is 2. The number of hydrogen-bond donors (Lipinski definition) is 2. The first-order valence-corrected chi connectivity index (χ1v) is 14.8. The lowest BCUT2D eigenvalue weighted by atomic mass is 9.73. The maximum atomic E-state index is 13.2. The second-order valence-corrected chi connectivity index (χ2v) is 13.1. The number of aliphatic hydroxyl groups excluding tert-OH is 2. The molecule has 0 bridgehead atoms. The van der Waals surface area contributed by atoms with Crippen molar-refractivity contribution in [3.05, 3.63) is 16.6 Å². The van der Waals surface area contributed by atoms with Gasteiger partial charge < -0.3 is 19.7 Å². The second kappa shape index (κ2) is 11.6. The minimum absolute atomic E-state index is 0.0501. The van der Waals surface area contributed by atoms with E-state index in [4.69, 9.17) is 9.47 Å². The predicted octanol–water partition coefficient (Wildman–Crippen LogP) is 4.89. The van der Waals surface area contributed by atoms with Gasteiger partial charge in [-0.25, -0.2) is 4.98 Å². The van der Waals surface area contributed by atoms with Crippen molar-refractivity contribution in [3.63, 3.8) is 0 Å². The molecule has 0 radical (unpaired) electrons. The summed E-state index contributed by atoms with van der Waals surface area (Å²) in [6, 6.07) is 0. The van der Waals surface area contributed by atoms with Crippen LogP contribution < -0.4 is 0 Å². The monoisotopic (exact) mass is 539 g/mol. The normalized spacial score (nSPS) is 36.8. The Morgan fingerprint density at radius 1 is 1.25 bits per heavy atom. The number of Topliss-reactive ketones (excluding diaryl/α,β-unsaturated/α-hetero) is 1. The standard InChI is InChI=1S/C27H41NO6S2/c1-15-9-8-10-27(6)21(34-27)12-19(16(2)11-18-14-36-25(28-18)35-7)33-22(30)13-20(29)26(4,5)24(32)17(3)23(15)31/h11,14-15,17,19-21,23,29,31H,8-10,12-13H2,1-7H3/t15-,17+,19-,20-,21-,23-,27+/m0/s1. The second-order valence-electron chi connectivity index (χ2n) is 11.2. The van der Waals surface area contributed by atoms with Crippen LogP contribution in [-0.2, 0) is 19.1 Å². The van der Waals surface area contributed by atoms with Gasteiger partial charge in [0.1, 0.15) is 16.2 Å². The number of hydrogen-bond acceptors (Lipinski definition) is 9. The van der Waals surface area contributed by atoms with E-state index >= 15 is 0 Å². The Bertz CT molecular complexity index is 975. The van der Waals surface area contributed by atoms with Gasteiger partial charge in [-0.2, -0.15) is 0 Å². The molecule has 202 valence electrons. The number of ether oxygens (including phenoxy) is 2. The Kier molecular flexibility index (Phi) is 9.47. The number of esters is 1. The highest BCUT2D eigenvalue weighted by Gasteiger charge is 2.53. The summed E-state index contributed by atoms with van der Waals surface area (Å²) in [5, 5.41) is 23.7. The molecule has 3 heterocycles. The molecule has 2 fully saturated rings. The van der Waals surface area contributed by atoms with Crippen LogP contribution >= 0.6 is 23.1 Å². The van der Waals surface area contributed by atoms with Crippen LogP contribution in [0, 0.1) is 17.3 Å². The number of thiazole rings is 1. The summed E-state index contributed by atoms with van der Waals surface area (Å²) >= 11 is 3.15. The maximum absolute atomic E-state index is 13.2. The van der Waals surface area contributed by atoms with Gasteiger partial charge in [-0.3, -0.25) is 9.59 Å². The number of ketones is 1. The smallest absolute Gasteiger partial charge is 0.309 e. The van der Waals surface area contributed by atoms with Crippen molar-refractivity contribution in [2.75, 3.05) is 6.26 Å². The van der Waals surface area contributed by atoms with Crippen molar-refractivity contribution in [1.29, 1.82) is 0 Å². The van der Waals surface area contributed by atoms with E-state index in [9.17, 15) is 19.8 Å². The SMILES string of the molecule is CSc1nc(C=C(C)[C@@H]2C[C@@H]3O[C@]3(C)CCC[C@H](C)[C@H](O)[C@@H](C)C(=O)C(C)(C)[C@@H](O)CC(=O)O2)cs1. The zero-order valence-corrected chi connectivity index (χ0v) is 24.1. The molecular formula is C27H41NO6S2. The molecule has 9 heteroatoms. The van der Waals surface area contributed by atoms with E-state index < -0.39 is 35.6 Å². The summed E-state index contributed by atoms with van der Waals surface area (Å²) in [6.45, 7) is 10.9. The first-order valence-electron chi connectivity index (χ1n) is 12.7. The predicted molar refractivity (Wildman–Crippen MR) is 143 cm³/mol. The third-order valence-electron chi connectivity index (χ3n) is 7.97.